The maximum atomic E-state index is 11.8. The lowest BCUT2D eigenvalue weighted by atomic mass is 10.2. The van der Waals surface area contributed by atoms with Crippen LogP contribution in [0.15, 0.2) is 40.8 Å². The Morgan fingerprint density at radius 1 is 1.13 bits per heavy atom. The van der Waals surface area contributed by atoms with Gasteiger partial charge in [-0.25, -0.2) is 4.98 Å². The number of fused-ring (bicyclic) bond motifs is 1. The van der Waals surface area contributed by atoms with Gasteiger partial charge in [-0.2, -0.15) is 0 Å². The van der Waals surface area contributed by atoms with Crippen LogP contribution in [-0.4, -0.2) is 10.9 Å². The molecule has 2 aromatic carbocycles. The predicted molar refractivity (Wildman–Crippen MR) is 92.9 cm³/mol. The number of nitrogens with one attached hydrogen (secondary N) is 1. The highest BCUT2D eigenvalue weighted by Gasteiger charge is 2.12. The molecule has 0 saturated heterocycles. The van der Waals surface area contributed by atoms with Crippen molar-refractivity contribution in [2.24, 2.45) is 5.92 Å². The van der Waals surface area contributed by atoms with Crippen LogP contribution in [0.25, 0.3) is 22.6 Å². The minimum absolute atomic E-state index is 0.0466. The molecule has 0 bridgehead atoms. The van der Waals surface area contributed by atoms with Crippen molar-refractivity contribution in [1.82, 2.24) is 4.98 Å². The fourth-order valence-corrected chi connectivity index (χ4v) is 2.62. The Hall–Kier alpha value is -2.04. The van der Waals surface area contributed by atoms with Crippen LogP contribution in [0.2, 0.25) is 10.0 Å². The molecule has 1 heterocycles. The van der Waals surface area contributed by atoms with E-state index in [1.165, 1.54) is 0 Å². The number of halogens is 2. The van der Waals surface area contributed by atoms with Gasteiger partial charge in [-0.1, -0.05) is 37.0 Å². The van der Waals surface area contributed by atoms with Gasteiger partial charge in [0.1, 0.15) is 5.52 Å². The molecule has 0 saturated carbocycles. The summed E-state index contributed by atoms with van der Waals surface area (Å²) in [5, 5.41) is 3.87. The molecule has 1 amide bonds. The van der Waals surface area contributed by atoms with Crippen LogP contribution in [0.4, 0.5) is 5.69 Å². The van der Waals surface area contributed by atoms with Crippen LogP contribution in [-0.2, 0) is 4.79 Å². The van der Waals surface area contributed by atoms with Crippen LogP contribution in [0, 0.1) is 5.92 Å². The summed E-state index contributed by atoms with van der Waals surface area (Å²) in [6, 6.07) is 10.4. The number of carbonyl (C=O) groups is 1. The van der Waals surface area contributed by atoms with Gasteiger partial charge in [-0.15, -0.1) is 0 Å². The number of benzene rings is 2. The van der Waals surface area contributed by atoms with Crippen molar-refractivity contribution in [3.63, 3.8) is 0 Å². The minimum atomic E-state index is -0.0906. The minimum Gasteiger partial charge on any atom is -0.436 e. The second-order valence-corrected chi connectivity index (χ2v) is 6.38. The van der Waals surface area contributed by atoms with Crippen molar-refractivity contribution >= 4 is 45.9 Å². The number of hydrogen-bond acceptors (Lipinski definition) is 3. The predicted octanol–water partition coefficient (Wildman–Crippen LogP) is 5.40. The van der Waals surface area contributed by atoms with Crippen molar-refractivity contribution in [3.8, 4) is 11.5 Å². The molecule has 23 heavy (non-hydrogen) atoms. The number of oxazole rings is 1. The molecular weight excluding hydrogens is 335 g/mol. The molecule has 0 spiro atoms. The van der Waals surface area contributed by atoms with E-state index < -0.39 is 0 Å². The fourth-order valence-electron chi connectivity index (χ4n) is 2.09. The Bertz CT molecular complexity index is 867. The average Bonchev–Trinajstić information content (AvgIpc) is 2.89. The summed E-state index contributed by atoms with van der Waals surface area (Å²) in [5.41, 5.74) is 2.66. The topological polar surface area (TPSA) is 55.1 Å². The number of nitrogens with zero attached hydrogens (tertiary/aromatic N) is 1. The number of hydrogen-bond donors (Lipinski definition) is 1. The van der Waals surface area contributed by atoms with E-state index in [9.17, 15) is 4.79 Å². The SMILES string of the molecule is CC(C)C(=O)Nc1ccc2oc(-c3cc(Cl)cc(Cl)c3)nc2c1. The van der Waals surface area contributed by atoms with Crippen LogP contribution in [0.1, 0.15) is 13.8 Å². The average molecular weight is 349 g/mol. The molecule has 3 aromatic rings. The van der Waals surface area contributed by atoms with E-state index in [1.807, 2.05) is 13.8 Å². The van der Waals surface area contributed by atoms with Crippen LogP contribution < -0.4 is 5.32 Å². The zero-order chi connectivity index (χ0) is 16.6. The molecule has 0 atom stereocenters. The molecule has 1 N–H and O–H groups in total. The van der Waals surface area contributed by atoms with Crippen molar-refractivity contribution in [2.75, 3.05) is 5.32 Å². The first-order valence-corrected chi connectivity index (χ1v) is 7.86. The van der Waals surface area contributed by atoms with E-state index in [0.717, 1.165) is 0 Å². The molecule has 4 nitrogen and oxygen atoms in total. The second-order valence-electron chi connectivity index (χ2n) is 5.50. The van der Waals surface area contributed by atoms with Gasteiger partial charge in [-0.3, -0.25) is 4.79 Å². The van der Waals surface area contributed by atoms with E-state index in [-0.39, 0.29) is 11.8 Å². The third-order valence-electron chi connectivity index (χ3n) is 3.29. The Balaban J connectivity index is 1.97. The second kappa shape index (κ2) is 6.22. The monoisotopic (exact) mass is 348 g/mol. The van der Waals surface area contributed by atoms with E-state index in [1.54, 1.807) is 36.4 Å². The Morgan fingerprint density at radius 2 is 1.83 bits per heavy atom. The van der Waals surface area contributed by atoms with Crippen molar-refractivity contribution in [1.29, 1.82) is 0 Å². The van der Waals surface area contributed by atoms with E-state index in [2.05, 4.69) is 10.3 Å². The highest BCUT2D eigenvalue weighted by Crippen LogP contribution is 2.30. The molecule has 6 heteroatoms. The Morgan fingerprint density at radius 3 is 2.48 bits per heavy atom. The first kappa shape index (κ1) is 15.8. The van der Waals surface area contributed by atoms with Gasteiger partial charge in [0, 0.05) is 27.2 Å². The maximum absolute atomic E-state index is 11.8. The van der Waals surface area contributed by atoms with E-state index >= 15 is 0 Å². The Labute approximate surface area is 143 Å². The van der Waals surface area contributed by atoms with Gasteiger partial charge in [0.15, 0.2) is 5.58 Å². The van der Waals surface area contributed by atoms with Crippen LogP contribution >= 0.6 is 23.2 Å². The van der Waals surface area contributed by atoms with Gasteiger partial charge in [0.2, 0.25) is 11.8 Å². The molecule has 3 rings (SSSR count). The van der Waals surface area contributed by atoms with Crippen LogP contribution in [0.5, 0.6) is 0 Å². The lowest BCUT2D eigenvalue weighted by molar-refractivity contribution is -0.118. The van der Waals surface area contributed by atoms with E-state index in [4.69, 9.17) is 27.6 Å². The first-order chi connectivity index (χ1) is 10.9. The summed E-state index contributed by atoms with van der Waals surface area (Å²) in [6.45, 7) is 3.68. The van der Waals surface area contributed by atoms with Gasteiger partial charge >= 0.3 is 0 Å². The summed E-state index contributed by atoms with van der Waals surface area (Å²) in [7, 11) is 0. The molecule has 0 fully saturated rings. The number of aromatic nitrogens is 1. The smallest absolute Gasteiger partial charge is 0.227 e. The third kappa shape index (κ3) is 3.49. The number of anilines is 1. The molecule has 0 radical (unpaired) electrons. The van der Waals surface area contributed by atoms with Gasteiger partial charge in [-0.05, 0) is 36.4 Å². The van der Waals surface area contributed by atoms with Crippen LogP contribution in [0.3, 0.4) is 0 Å². The standard InChI is InChI=1S/C17H14Cl2N2O2/c1-9(2)16(22)20-13-3-4-15-14(8-13)21-17(23-15)10-5-11(18)7-12(19)6-10/h3-9H,1-2H3,(H,20,22). The van der Waals surface area contributed by atoms with Crippen molar-refractivity contribution < 1.29 is 9.21 Å². The van der Waals surface area contributed by atoms with Crippen molar-refractivity contribution in [2.45, 2.75) is 13.8 Å². The largest absolute Gasteiger partial charge is 0.436 e. The van der Waals surface area contributed by atoms with E-state index in [0.29, 0.717) is 38.3 Å². The number of carbonyl (C=O) groups excluding carboxylic acids is 1. The number of amides is 1. The molecule has 0 aliphatic rings. The normalized spacial score (nSPS) is 11.2. The first-order valence-electron chi connectivity index (χ1n) is 7.10. The molecular formula is C17H14Cl2N2O2. The fraction of sp³-hybridized carbons (Fsp3) is 0.176. The zero-order valence-corrected chi connectivity index (χ0v) is 14.1. The summed E-state index contributed by atoms with van der Waals surface area (Å²) in [4.78, 5) is 16.2. The van der Waals surface area contributed by atoms with Gasteiger partial charge in [0.25, 0.3) is 0 Å². The lowest BCUT2D eigenvalue weighted by Crippen LogP contribution is -2.17. The maximum Gasteiger partial charge on any atom is 0.227 e. The summed E-state index contributed by atoms with van der Waals surface area (Å²) >= 11 is 12.0. The lowest BCUT2D eigenvalue weighted by Gasteiger charge is -2.06. The van der Waals surface area contributed by atoms with Gasteiger partial charge in [0.05, 0.1) is 0 Å². The number of rotatable bonds is 3. The highest BCUT2D eigenvalue weighted by molar-refractivity contribution is 6.35. The molecule has 118 valence electrons. The summed E-state index contributed by atoms with van der Waals surface area (Å²) in [5.74, 6) is 0.290. The van der Waals surface area contributed by atoms with Crippen molar-refractivity contribution in [3.05, 3.63) is 46.4 Å². The summed E-state index contributed by atoms with van der Waals surface area (Å²) in [6.07, 6.45) is 0. The quantitative estimate of drug-likeness (QED) is 0.689. The Kier molecular flexibility index (Phi) is 4.28. The molecule has 0 aliphatic heterocycles. The highest BCUT2D eigenvalue weighted by atomic mass is 35.5. The molecule has 0 unspecified atom stereocenters. The molecule has 0 aliphatic carbocycles. The zero-order valence-electron chi connectivity index (χ0n) is 12.6. The third-order valence-corrected chi connectivity index (χ3v) is 3.73. The van der Waals surface area contributed by atoms with Gasteiger partial charge < -0.3 is 9.73 Å². The molecule has 1 aromatic heterocycles. The summed E-state index contributed by atoms with van der Waals surface area (Å²) < 4.78 is 5.73.